The van der Waals surface area contributed by atoms with Crippen LogP contribution in [0.2, 0.25) is 0 Å². The van der Waals surface area contributed by atoms with E-state index in [0.29, 0.717) is 0 Å². The summed E-state index contributed by atoms with van der Waals surface area (Å²) in [5.74, 6) is 0. The third-order valence-electron chi connectivity index (χ3n) is 2.71. The Balaban J connectivity index is 2.34. The zero-order chi connectivity index (χ0) is 13.1. The van der Waals surface area contributed by atoms with Crippen LogP contribution < -0.4 is 5.73 Å². The molecule has 4 nitrogen and oxygen atoms in total. The maximum absolute atomic E-state index is 5.83. The highest BCUT2D eigenvalue weighted by molar-refractivity contribution is 9.10. The van der Waals surface area contributed by atoms with Crippen molar-refractivity contribution in [2.45, 2.75) is 6.54 Å². The van der Waals surface area contributed by atoms with Gasteiger partial charge in [0.1, 0.15) is 0 Å². The lowest BCUT2D eigenvalue weighted by Crippen LogP contribution is -2.19. The van der Waals surface area contributed by atoms with Crippen LogP contribution in [0.1, 0.15) is 0 Å². The van der Waals surface area contributed by atoms with Gasteiger partial charge >= 0.3 is 0 Å². The molecule has 0 aliphatic heterocycles. The molecule has 1 aromatic heterocycles. The quantitative estimate of drug-likeness (QED) is 0.883. The molecule has 0 unspecified atom stereocenters. The molecule has 1 aromatic carbocycles. The second-order valence-electron chi connectivity index (χ2n) is 4.49. The molecule has 0 bridgehead atoms. The third kappa shape index (κ3) is 2.91. The Morgan fingerprint density at radius 3 is 2.83 bits per heavy atom. The van der Waals surface area contributed by atoms with E-state index in [1.807, 2.05) is 35.1 Å². The van der Waals surface area contributed by atoms with Crippen LogP contribution in [0.4, 0.5) is 5.69 Å². The number of rotatable bonds is 4. The van der Waals surface area contributed by atoms with Crippen LogP contribution >= 0.6 is 15.9 Å². The predicted octanol–water partition coefficient (Wildman–Crippen LogP) is 2.46. The second kappa shape index (κ2) is 5.54. The number of hydrogen-bond donors (Lipinski definition) is 1. The second-order valence-corrected chi connectivity index (χ2v) is 5.35. The van der Waals surface area contributed by atoms with Crippen molar-refractivity contribution in [3.05, 3.63) is 34.9 Å². The van der Waals surface area contributed by atoms with Crippen LogP contribution in [-0.2, 0) is 6.54 Å². The largest absolute Gasteiger partial charge is 0.399 e. The summed E-state index contributed by atoms with van der Waals surface area (Å²) in [5.41, 5.74) is 8.75. The molecule has 0 saturated carbocycles. The van der Waals surface area contributed by atoms with Crippen molar-refractivity contribution in [1.82, 2.24) is 14.7 Å². The fraction of sp³-hybridized carbons (Fsp3) is 0.308. The summed E-state index contributed by atoms with van der Waals surface area (Å²) >= 11 is 3.55. The fourth-order valence-electron chi connectivity index (χ4n) is 1.80. The van der Waals surface area contributed by atoms with E-state index in [4.69, 9.17) is 5.73 Å². The molecule has 96 valence electrons. The maximum Gasteiger partial charge on any atom is 0.0825 e. The molecule has 0 aliphatic carbocycles. The number of nitrogens with two attached hydrogens (primary N) is 1. The van der Waals surface area contributed by atoms with E-state index in [9.17, 15) is 0 Å². The molecule has 1 heterocycles. The van der Waals surface area contributed by atoms with Gasteiger partial charge in [0.25, 0.3) is 0 Å². The molecule has 5 heteroatoms. The van der Waals surface area contributed by atoms with E-state index in [1.54, 1.807) is 0 Å². The van der Waals surface area contributed by atoms with Crippen molar-refractivity contribution in [3.63, 3.8) is 0 Å². The molecule has 0 radical (unpaired) electrons. The maximum atomic E-state index is 5.83. The normalized spacial score (nSPS) is 11.1. The minimum Gasteiger partial charge on any atom is -0.399 e. The minimum absolute atomic E-state index is 0.764. The van der Waals surface area contributed by atoms with Crippen LogP contribution in [-0.4, -0.2) is 35.3 Å². The molecule has 0 aliphatic rings. The molecular formula is C13H17BrN4. The van der Waals surface area contributed by atoms with Crippen molar-refractivity contribution < 1.29 is 0 Å². The van der Waals surface area contributed by atoms with Crippen LogP contribution in [0.5, 0.6) is 0 Å². The Labute approximate surface area is 116 Å². The molecule has 2 N–H and O–H groups in total. The SMILES string of the molecule is CN(C)CCn1ncc(Br)c1-c1cccc(N)c1. The number of anilines is 1. The smallest absolute Gasteiger partial charge is 0.0825 e. The van der Waals surface area contributed by atoms with Crippen LogP contribution in [0.15, 0.2) is 34.9 Å². The number of halogens is 1. The van der Waals surface area contributed by atoms with E-state index in [1.165, 1.54) is 0 Å². The average Bonchev–Trinajstić information content (AvgIpc) is 2.68. The predicted molar refractivity (Wildman–Crippen MR) is 78.3 cm³/mol. The van der Waals surface area contributed by atoms with E-state index in [2.05, 4.69) is 40.0 Å². The highest BCUT2D eigenvalue weighted by Gasteiger charge is 2.11. The highest BCUT2D eigenvalue weighted by atomic mass is 79.9. The zero-order valence-corrected chi connectivity index (χ0v) is 12.2. The molecule has 0 fully saturated rings. The Bertz CT molecular complexity index is 534. The molecule has 2 aromatic rings. The lowest BCUT2D eigenvalue weighted by molar-refractivity contribution is 0.374. The topological polar surface area (TPSA) is 47.1 Å². The van der Waals surface area contributed by atoms with Gasteiger partial charge in [-0.25, -0.2) is 0 Å². The first kappa shape index (κ1) is 13.1. The van der Waals surface area contributed by atoms with Crippen molar-refractivity contribution in [3.8, 4) is 11.3 Å². The first-order chi connectivity index (χ1) is 8.58. The number of benzene rings is 1. The van der Waals surface area contributed by atoms with Gasteiger partial charge in [0.2, 0.25) is 0 Å². The lowest BCUT2D eigenvalue weighted by atomic mass is 10.1. The van der Waals surface area contributed by atoms with Gasteiger partial charge in [-0.1, -0.05) is 12.1 Å². The van der Waals surface area contributed by atoms with Crippen LogP contribution in [0, 0.1) is 0 Å². The van der Waals surface area contributed by atoms with E-state index >= 15 is 0 Å². The van der Waals surface area contributed by atoms with Crippen molar-refractivity contribution >= 4 is 21.6 Å². The summed E-state index contributed by atoms with van der Waals surface area (Å²) in [7, 11) is 4.11. The third-order valence-corrected chi connectivity index (χ3v) is 3.29. The number of nitrogen functional groups attached to an aromatic ring is 1. The van der Waals surface area contributed by atoms with E-state index < -0.39 is 0 Å². The Kier molecular flexibility index (Phi) is 4.04. The molecule has 18 heavy (non-hydrogen) atoms. The van der Waals surface area contributed by atoms with Crippen molar-refractivity contribution in [1.29, 1.82) is 0 Å². The summed E-state index contributed by atoms with van der Waals surface area (Å²) in [6, 6.07) is 7.86. The Hall–Kier alpha value is -1.33. The lowest BCUT2D eigenvalue weighted by Gasteiger charge is -2.12. The molecule has 0 amide bonds. The zero-order valence-electron chi connectivity index (χ0n) is 10.6. The summed E-state index contributed by atoms with van der Waals surface area (Å²) in [6.07, 6.45) is 1.83. The average molecular weight is 309 g/mol. The van der Waals surface area contributed by atoms with Gasteiger partial charge in [0.15, 0.2) is 0 Å². The van der Waals surface area contributed by atoms with Gasteiger partial charge in [-0.15, -0.1) is 0 Å². The summed E-state index contributed by atoms with van der Waals surface area (Å²) in [4.78, 5) is 2.14. The van der Waals surface area contributed by atoms with Gasteiger partial charge in [-0.3, -0.25) is 4.68 Å². The molecule has 0 spiro atoms. The van der Waals surface area contributed by atoms with Crippen LogP contribution in [0.25, 0.3) is 11.3 Å². The summed E-state index contributed by atoms with van der Waals surface area (Å²) < 4.78 is 2.99. The Morgan fingerprint density at radius 1 is 1.39 bits per heavy atom. The van der Waals surface area contributed by atoms with Crippen molar-refractivity contribution in [2.24, 2.45) is 0 Å². The van der Waals surface area contributed by atoms with Crippen molar-refractivity contribution in [2.75, 3.05) is 26.4 Å². The van der Waals surface area contributed by atoms with Gasteiger partial charge < -0.3 is 10.6 Å². The van der Waals surface area contributed by atoms with Crippen LogP contribution in [0.3, 0.4) is 0 Å². The fourth-order valence-corrected chi connectivity index (χ4v) is 2.32. The highest BCUT2D eigenvalue weighted by Crippen LogP contribution is 2.29. The van der Waals surface area contributed by atoms with E-state index in [0.717, 1.165) is 34.5 Å². The molecule has 2 rings (SSSR count). The van der Waals surface area contributed by atoms with Gasteiger partial charge in [-0.05, 0) is 42.2 Å². The number of nitrogens with zero attached hydrogens (tertiary/aromatic N) is 3. The molecule has 0 saturated heterocycles. The first-order valence-electron chi connectivity index (χ1n) is 5.80. The molecule has 0 atom stereocenters. The summed E-state index contributed by atoms with van der Waals surface area (Å²) in [5, 5.41) is 4.40. The Morgan fingerprint density at radius 2 is 2.17 bits per heavy atom. The van der Waals surface area contributed by atoms with Gasteiger partial charge in [0, 0.05) is 17.8 Å². The molecular weight excluding hydrogens is 292 g/mol. The monoisotopic (exact) mass is 308 g/mol. The summed E-state index contributed by atoms with van der Waals surface area (Å²) in [6.45, 7) is 1.80. The number of likely N-dealkylation sites (N-methyl/N-ethyl adjacent to an activating group) is 1. The van der Waals surface area contributed by atoms with E-state index in [-0.39, 0.29) is 0 Å². The number of aromatic nitrogens is 2. The number of hydrogen-bond acceptors (Lipinski definition) is 3. The van der Waals surface area contributed by atoms with Gasteiger partial charge in [-0.2, -0.15) is 5.10 Å². The first-order valence-corrected chi connectivity index (χ1v) is 6.59. The van der Waals surface area contributed by atoms with Gasteiger partial charge in [0.05, 0.1) is 22.9 Å². The standard InChI is InChI=1S/C13H17BrN4/c1-17(2)6-7-18-13(12(14)9-16-18)10-4-3-5-11(15)8-10/h3-5,8-9H,6-7,15H2,1-2H3. The minimum atomic E-state index is 0.764.